The molecule has 238 valence electrons. The van der Waals surface area contributed by atoms with E-state index >= 15 is 0 Å². The van der Waals surface area contributed by atoms with Crippen LogP contribution in [-0.2, 0) is 36.4 Å². The first-order chi connectivity index (χ1) is 21.2. The molecule has 11 nitrogen and oxygen atoms in total. The number of aromatic nitrogens is 3. The molecule has 0 bridgehead atoms. The van der Waals surface area contributed by atoms with E-state index in [4.69, 9.17) is 14.2 Å². The predicted molar refractivity (Wildman–Crippen MR) is 165 cm³/mol. The number of ether oxygens (including phenoxy) is 3. The molecule has 4 heterocycles. The monoisotopic (exact) mass is 625 g/mol. The Kier molecular flexibility index (Phi) is 10.0. The first-order valence-electron chi connectivity index (χ1n) is 15.2. The summed E-state index contributed by atoms with van der Waals surface area (Å²) < 4.78 is 49.5. The fraction of sp³-hybridized carbons (Fsp3) is 0.531. The zero-order valence-corrected chi connectivity index (χ0v) is 26.8. The van der Waals surface area contributed by atoms with Crippen molar-refractivity contribution in [2.75, 3.05) is 40.5 Å². The summed E-state index contributed by atoms with van der Waals surface area (Å²) in [5.41, 5.74) is 1.65. The second kappa shape index (κ2) is 13.8. The Labute approximate surface area is 260 Å². The van der Waals surface area contributed by atoms with Gasteiger partial charge in [-0.2, -0.15) is 4.31 Å². The number of piperidine rings is 2. The largest absolute Gasteiger partial charge is 0.497 e. The Balaban J connectivity index is 1.41. The fourth-order valence-corrected chi connectivity index (χ4v) is 8.96. The molecule has 12 heteroatoms. The summed E-state index contributed by atoms with van der Waals surface area (Å²) in [7, 11) is -0.981. The van der Waals surface area contributed by atoms with E-state index in [0.717, 1.165) is 18.4 Å². The normalized spacial score (nSPS) is 20.2. The minimum Gasteiger partial charge on any atom is -0.497 e. The number of carbonyl (C=O) groups is 1. The second-order valence-electron chi connectivity index (χ2n) is 11.7. The Morgan fingerprint density at radius 3 is 2.43 bits per heavy atom. The van der Waals surface area contributed by atoms with Crippen molar-refractivity contribution in [1.29, 1.82) is 0 Å². The number of aryl methyl sites for hydroxylation is 2. The van der Waals surface area contributed by atoms with Crippen molar-refractivity contribution in [2.45, 2.75) is 75.1 Å². The van der Waals surface area contributed by atoms with Crippen LogP contribution in [0.2, 0.25) is 0 Å². The highest BCUT2D eigenvalue weighted by Gasteiger charge is 2.47. The highest BCUT2D eigenvalue weighted by Crippen LogP contribution is 2.39. The lowest BCUT2D eigenvalue weighted by Gasteiger charge is -2.47. The fourth-order valence-electron chi connectivity index (χ4n) is 6.84. The van der Waals surface area contributed by atoms with Crippen LogP contribution in [0.5, 0.6) is 5.75 Å². The van der Waals surface area contributed by atoms with Gasteiger partial charge >= 0.3 is 5.97 Å². The van der Waals surface area contributed by atoms with Crippen LogP contribution < -0.4 is 4.74 Å². The SMILES string of the molecule is COC(=O)C([C@@H]1CCCCN1S(=O)(=O)c1c(C)cc(OC)cc1C)N1CCC(OCCn2ccnc2)(c2cccnc2)CC1. The van der Waals surface area contributed by atoms with Crippen molar-refractivity contribution >= 4 is 16.0 Å². The minimum absolute atomic E-state index is 0.273. The molecule has 2 saturated heterocycles. The number of methoxy groups -OCH3 is 2. The van der Waals surface area contributed by atoms with Crippen LogP contribution in [-0.4, -0.2) is 90.7 Å². The van der Waals surface area contributed by atoms with Gasteiger partial charge in [0.05, 0.1) is 43.7 Å². The Morgan fingerprint density at radius 2 is 1.82 bits per heavy atom. The maximum Gasteiger partial charge on any atom is 0.324 e. The number of likely N-dealkylation sites (tertiary alicyclic amines) is 1. The standard InChI is InChI=1S/C32H43N5O6S/c1-24-20-27(41-3)21-25(2)30(24)44(39,40)37-14-6-5-9-28(37)29(31(38)42-4)36-15-10-32(11-16-36,26-8-7-12-33-22-26)43-19-18-35-17-13-34-23-35/h7-8,12-13,17,20-23,28-29H,5-6,9-11,14-16,18-19H2,1-4H3/t28-,29?/m0/s1. The van der Waals surface area contributed by atoms with Gasteiger partial charge in [0.2, 0.25) is 10.0 Å². The van der Waals surface area contributed by atoms with E-state index in [0.29, 0.717) is 68.9 Å². The van der Waals surface area contributed by atoms with Crippen molar-refractivity contribution in [1.82, 2.24) is 23.7 Å². The van der Waals surface area contributed by atoms with Gasteiger partial charge in [0.25, 0.3) is 0 Å². The van der Waals surface area contributed by atoms with Gasteiger partial charge in [0, 0.05) is 56.5 Å². The Morgan fingerprint density at radius 1 is 1.07 bits per heavy atom. The highest BCUT2D eigenvalue weighted by atomic mass is 32.2. The van der Waals surface area contributed by atoms with E-state index in [1.54, 1.807) is 56.1 Å². The summed E-state index contributed by atoms with van der Waals surface area (Å²) in [6, 6.07) is 6.13. The van der Waals surface area contributed by atoms with Crippen LogP contribution in [0.15, 0.2) is 60.3 Å². The van der Waals surface area contributed by atoms with Crippen molar-refractivity contribution in [3.8, 4) is 5.75 Å². The summed E-state index contributed by atoms with van der Waals surface area (Å²) >= 11 is 0. The van der Waals surface area contributed by atoms with Gasteiger partial charge in [0.1, 0.15) is 11.8 Å². The van der Waals surface area contributed by atoms with Gasteiger partial charge in [-0.05, 0) is 68.9 Å². The third kappa shape index (κ3) is 6.53. The summed E-state index contributed by atoms with van der Waals surface area (Å²) in [4.78, 5) is 24.4. The number of pyridine rings is 1. The smallest absolute Gasteiger partial charge is 0.324 e. The number of nitrogens with zero attached hydrogens (tertiary/aromatic N) is 5. The summed E-state index contributed by atoms with van der Waals surface area (Å²) in [5, 5.41) is 0. The maximum absolute atomic E-state index is 14.3. The number of imidazole rings is 1. The number of rotatable bonds is 11. The van der Waals surface area contributed by atoms with Crippen molar-refractivity contribution in [3.63, 3.8) is 0 Å². The quantitative estimate of drug-likeness (QED) is 0.294. The zero-order valence-electron chi connectivity index (χ0n) is 26.0. The van der Waals surface area contributed by atoms with E-state index in [1.165, 1.54) is 7.11 Å². The summed E-state index contributed by atoms with van der Waals surface area (Å²) in [6.07, 6.45) is 12.4. The molecular weight excluding hydrogens is 582 g/mol. The van der Waals surface area contributed by atoms with Crippen molar-refractivity contribution in [3.05, 3.63) is 72.1 Å². The molecule has 2 atom stereocenters. The molecule has 2 aromatic heterocycles. The molecule has 44 heavy (non-hydrogen) atoms. The molecule has 2 fully saturated rings. The lowest BCUT2D eigenvalue weighted by Crippen LogP contribution is -2.61. The maximum atomic E-state index is 14.3. The van der Waals surface area contributed by atoms with Crippen molar-refractivity contribution in [2.24, 2.45) is 0 Å². The molecule has 0 saturated carbocycles. The first-order valence-corrected chi connectivity index (χ1v) is 16.6. The molecule has 0 spiro atoms. The number of hydrogen-bond acceptors (Lipinski definition) is 9. The number of esters is 1. The molecule has 0 radical (unpaired) electrons. The van der Waals surface area contributed by atoms with Crippen LogP contribution in [0.4, 0.5) is 0 Å². The molecule has 1 aromatic carbocycles. The molecular formula is C32H43N5O6S. The molecule has 1 unspecified atom stereocenters. The van der Waals surface area contributed by atoms with E-state index in [2.05, 4.69) is 14.9 Å². The number of benzene rings is 1. The first kappa shape index (κ1) is 32.1. The third-order valence-electron chi connectivity index (χ3n) is 9.02. The summed E-state index contributed by atoms with van der Waals surface area (Å²) in [6.45, 7) is 6.13. The molecule has 2 aliphatic heterocycles. The lowest BCUT2D eigenvalue weighted by molar-refractivity contribution is -0.154. The molecule has 0 N–H and O–H groups in total. The van der Waals surface area contributed by atoms with Gasteiger partial charge in [-0.1, -0.05) is 12.5 Å². The second-order valence-corrected chi connectivity index (χ2v) is 13.5. The molecule has 5 rings (SSSR count). The molecule has 0 aliphatic carbocycles. The average molecular weight is 626 g/mol. The topological polar surface area (TPSA) is 116 Å². The van der Waals surface area contributed by atoms with E-state index in [1.807, 2.05) is 29.1 Å². The Bertz CT molecular complexity index is 1480. The lowest BCUT2D eigenvalue weighted by atomic mass is 9.83. The predicted octanol–water partition coefficient (Wildman–Crippen LogP) is 3.70. The van der Waals surface area contributed by atoms with Crippen LogP contribution in [0.3, 0.4) is 0 Å². The van der Waals surface area contributed by atoms with E-state index < -0.39 is 33.7 Å². The third-order valence-corrected chi connectivity index (χ3v) is 11.2. The zero-order chi connectivity index (χ0) is 31.3. The van der Waals surface area contributed by atoms with Crippen LogP contribution in [0.1, 0.15) is 48.8 Å². The van der Waals surface area contributed by atoms with Crippen LogP contribution in [0, 0.1) is 13.8 Å². The molecule has 2 aliphatic rings. The molecule has 3 aromatic rings. The van der Waals surface area contributed by atoms with E-state index in [-0.39, 0.29) is 4.90 Å². The average Bonchev–Trinajstić information content (AvgIpc) is 3.55. The van der Waals surface area contributed by atoms with Gasteiger partial charge in [-0.3, -0.25) is 14.7 Å². The minimum atomic E-state index is -3.92. The van der Waals surface area contributed by atoms with Gasteiger partial charge in [0.15, 0.2) is 0 Å². The summed E-state index contributed by atoms with van der Waals surface area (Å²) in [5.74, 6) is 0.189. The van der Waals surface area contributed by atoms with Crippen molar-refractivity contribution < 1.29 is 27.4 Å². The highest BCUT2D eigenvalue weighted by molar-refractivity contribution is 7.89. The van der Waals surface area contributed by atoms with Crippen LogP contribution >= 0.6 is 0 Å². The van der Waals surface area contributed by atoms with Gasteiger partial charge in [-0.15, -0.1) is 0 Å². The van der Waals surface area contributed by atoms with Gasteiger partial charge < -0.3 is 18.8 Å². The van der Waals surface area contributed by atoms with Crippen LogP contribution in [0.25, 0.3) is 0 Å². The molecule has 0 amide bonds. The Hall–Kier alpha value is -3.32. The van der Waals surface area contributed by atoms with E-state index in [9.17, 15) is 13.2 Å². The van der Waals surface area contributed by atoms with Gasteiger partial charge in [-0.25, -0.2) is 13.4 Å². The number of hydrogen-bond donors (Lipinski definition) is 0. The number of carbonyl (C=O) groups excluding carboxylic acids is 1. The number of sulfonamides is 1.